The third-order valence-electron chi connectivity index (χ3n) is 7.74. The van der Waals surface area contributed by atoms with Crippen molar-refractivity contribution in [3.05, 3.63) is 24.3 Å². The van der Waals surface area contributed by atoms with Crippen molar-refractivity contribution in [1.29, 1.82) is 0 Å². The third kappa shape index (κ3) is 31.2. The fraction of sp³-hybridized carbons (Fsp3) is 0.806. The van der Waals surface area contributed by atoms with E-state index in [1.54, 1.807) is 0 Å². The molecule has 0 aliphatic heterocycles. The van der Waals surface area contributed by atoms with Crippen molar-refractivity contribution < 1.29 is 47.8 Å². The van der Waals surface area contributed by atoms with Crippen molar-refractivity contribution in [2.75, 3.05) is 19.8 Å². The van der Waals surface area contributed by atoms with Crippen LogP contribution in [0, 0.1) is 0 Å². The molecular formula is C36H66NO10P. The first kappa shape index (κ1) is 46.0. The summed E-state index contributed by atoms with van der Waals surface area (Å²) in [4.78, 5) is 45.6. The van der Waals surface area contributed by atoms with E-state index < -0.39 is 57.6 Å². The molecule has 3 unspecified atom stereocenters. The summed E-state index contributed by atoms with van der Waals surface area (Å²) in [6.07, 6.45) is 29.3. The molecule has 0 saturated heterocycles. The van der Waals surface area contributed by atoms with Crippen molar-refractivity contribution in [2.24, 2.45) is 0 Å². The van der Waals surface area contributed by atoms with Gasteiger partial charge in [-0.3, -0.25) is 18.6 Å². The molecule has 4 N–H and O–H groups in total. The molecule has 48 heavy (non-hydrogen) atoms. The Morgan fingerprint density at radius 3 is 1.73 bits per heavy atom. The zero-order chi connectivity index (χ0) is 35.7. The number of carbonyl (C=O) groups is 3. The number of carbonyl (C=O) groups excluding carboxylic acids is 2. The lowest BCUT2D eigenvalue weighted by Gasteiger charge is -2.18. The van der Waals surface area contributed by atoms with Gasteiger partial charge in [0, 0.05) is 12.8 Å². The Kier molecular flexibility index (Phi) is 30.8. The van der Waals surface area contributed by atoms with Crippen LogP contribution in [-0.4, -0.2) is 64.9 Å². The van der Waals surface area contributed by atoms with Crippen molar-refractivity contribution in [3.63, 3.8) is 0 Å². The summed E-state index contributed by atoms with van der Waals surface area (Å²) in [5, 5.41) is 21.7. The molecule has 0 rings (SSSR count). The van der Waals surface area contributed by atoms with E-state index in [1.165, 1.54) is 51.4 Å². The fourth-order valence-electron chi connectivity index (χ4n) is 4.81. The van der Waals surface area contributed by atoms with Gasteiger partial charge in [0.25, 0.3) is 0 Å². The van der Waals surface area contributed by atoms with Crippen molar-refractivity contribution >= 4 is 25.7 Å². The minimum atomic E-state index is -4.75. The number of phosphoric acid groups is 1. The van der Waals surface area contributed by atoms with E-state index >= 15 is 0 Å². The third-order valence-corrected chi connectivity index (χ3v) is 8.69. The summed E-state index contributed by atoms with van der Waals surface area (Å²) >= 11 is 0. The highest BCUT2D eigenvalue weighted by molar-refractivity contribution is 7.47. The quantitative estimate of drug-likeness (QED) is 0.0221. The summed E-state index contributed by atoms with van der Waals surface area (Å²) in [6.45, 7) is 2.50. The summed E-state index contributed by atoms with van der Waals surface area (Å²) in [5.41, 5.74) is 0. The summed E-state index contributed by atoms with van der Waals surface area (Å²) in [5.74, 6) is -2.40. The van der Waals surface area contributed by atoms with E-state index in [2.05, 4.69) is 43.5 Å². The first-order chi connectivity index (χ1) is 23.1. The van der Waals surface area contributed by atoms with Crippen LogP contribution in [-0.2, 0) is 32.7 Å². The van der Waals surface area contributed by atoms with Crippen LogP contribution in [0.1, 0.15) is 155 Å². The lowest BCUT2D eigenvalue weighted by Crippen LogP contribution is -2.43. The van der Waals surface area contributed by atoms with Gasteiger partial charge >= 0.3 is 19.8 Å². The lowest BCUT2D eigenvalue weighted by molar-refractivity contribution is -0.147. The molecule has 0 radical (unpaired) electrons. The molecule has 3 atom stereocenters. The Morgan fingerprint density at radius 1 is 0.667 bits per heavy atom. The maximum atomic E-state index is 12.2. The van der Waals surface area contributed by atoms with Crippen LogP contribution in [0.4, 0.5) is 0 Å². The summed E-state index contributed by atoms with van der Waals surface area (Å²) in [7, 11) is -4.75. The molecule has 0 spiro atoms. The van der Waals surface area contributed by atoms with E-state index in [9.17, 15) is 34.1 Å². The molecule has 0 fully saturated rings. The van der Waals surface area contributed by atoms with Gasteiger partial charge in [-0.25, -0.2) is 9.36 Å². The summed E-state index contributed by atoms with van der Waals surface area (Å²) in [6, 6.07) is -1.55. The SMILES string of the molecule is CCCCC/C=C\C/C=C\CCCCCCCC(=O)NC(COP(=O)(O)OCC(O)COC(=O)CCCCCCCCCCC)C(=O)O. The predicted octanol–water partition coefficient (Wildman–Crippen LogP) is 8.33. The Hall–Kier alpha value is -2.04. The lowest BCUT2D eigenvalue weighted by atomic mass is 10.1. The van der Waals surface area contributed by atoms with Gasteiger partial charge < -0.3 is 25.2 Å². The van der Waals surface area contributed by atoms with Crippen LogP contribution in [0.2, 0.25) is 0 Å². The number of amides is 1. The van der Waals surface area contributed by atoms with Crippen molar-refractivity contribution in [3.8, 4) is 0 Å². The molecule has 12 heteroatoms. The van der Waals surface area contributed by atoms with Gasteiger partial charge in [-0.05, 0) is 44.9 Å². The van der Waals surface area contributed by atoms with Crippen molar-refractivity contribution in [2.45, 2.75) is 167 Å². The largest absolute Gasteiger partial charge is 0.480 e. The van der Waals surface area contributed by atoms with Gasteiger partial charge in [-0.1, -0.05) is 122 Å². The molecule has 0 saturated carbocycles. The fourth-order valence-corrected chi connectivity index (χ4v) is 5.59. The smallest absolute Gasteiger partial charge is 0.472 e. The first-order valence-corrected chi connectivity index (χ1v) is 19.9. The number of hydrogen-bond donors (Lipinski definition) is 4. The van der Waals surface area contributed by atoms with E-state index in [0.717, 1.165) is 64.2 Å². The molecular weight excluding hydrogens is 637 g/mol. The maximum Gasteiger partial charge on any atom is 0.472 e. The predicted molar refractivity (Wildman–Crippen MR) is 189 cm³/mol. The Labute approximate surface area is 289 Å². The molecule has 0 heterocycles. The number of aliphatic hydroxyl groups is 1. The van der Waals surface area contributed by atoms with Crippen LogP contribution in [0.3, 0.4) is 0 Å². The average Bonchev–Trinajstić information content (AvgIpc) is 3.05. The minimum Gasteiger partial charge on any atom is -0.480 e. The highest BCUT2D eigenvalue weighted by Crippen LogP contribution is 2.43. The number of carboxylic acids is 1. The molecule has 0 bridgehead atoms. The number of aliphatic hydroxyl groups excluding tert-OH is 1. The van der Waals surface area contributed by atoms with E-state index in [1.807, 2.05) is 0 Å². The molecule has 0 aliphatic rings. The average molecular weight is 704 g/mol. The van der Waals surface area contributed by atoms with E-state index in [0.29, 0.717) is 12.8 Å². The highest BCUT2D eigenvalue weighted by atomic mass is 31.2. The van der Waals surface area contributed by atoms with Gasteiger partial charge in [-0.15, -0.1) is 0 Å². The molecule has 0 aromatic carbocycles. The van der Waals surface area contributed by atoms with Gasteiger partial charge in [0.2, 0.25) is 5.91 Å². The number of hydrogen-bond acceptors (Lipinski definition) is 8. The van der Waals surface area contributed by atoms with Crippen LogP contribution in [0.25, 0.3) is 0 Å². The first-order valence-electron chi connectivity index (χ1n) is 18.4. The summed E-state index contributed by atoms with van der Waals surface area (Å²) < 4.78 is 26.6. The number of allylic oxidation sites excluding steroid dienone is 4. The van der Waals surface area contributed by atoms with Crippen LogP contribution >= 0.6 is 7.82 Å². The van der Waals surface area contributed by atoms with Crippen LogP contribution < -0.4 is 5.32 Å². The zero-order valence-corrected chi connectivity index (χ0v) is 30.7. The molecule has 0 aromatic rings. The molecule has 11 nitrogen and oxygen atoms in total. The number of nitrogens with one attached hydrogen (secondary N) is 1. The monoisotopic (exact) mass is 703 g/mol. The molecule has 280 valence electrons. The van der Waals surface area contributed by atoms with Gasteiger partial charge in [0.1, 0.15) is 12.7 Å². The number of ether oxygens (including phenoxy) is 1. The normalized spacial score (nSPS) is 14.2. The number of aliphatic carboxylic acids is 1. The van der Waals surface area contributed by atoms with Crippen LogP contribution in [0.15, 0.2) is 24.3 Å². The molecule has 0 aliphatic carbocycles. The van der Waals surface area contributed by atoms with Gasteiger partial charge in [0.05, 0.1) is 13.2 Å². The Balaban J connectivity index is 4.02. The number of esters is 1. The number of carboxylic acid groups (broad SMARTS) is 1. The number of rotatable bonds is 34. The number of unbranched alkanes of at least 4 members (excludes halogenated alkanes) is 16. The van der Waals surface area contributed by atoms with Gasteiger partial charge in [0.15, 0.2) is 6.04 Å². The standard InChI is InChI=1S/C36H66NO10P/c1-3-5-7-9-11-13-14-15-16-17-18-20-21-23-25-27-34(39)37-33(36(41)42)31-47-48(43,44)46-30-32(38)29-45-35(40)28-26-24-22-19-12-10-8-6-4-2/h11,13,15-16,32-33,38H,3-10,12,14,17-31H2,1-2H3,(H,37,39)(H,41,42)(H,43,44)/b13-11-,16-15-. The second-order valence-corrected chi connectivity index (χ2v) is 13.9. The minimum absolute atomic E-state index is 0.131. The van der Waals surface area contributed by atoms with E-state index in [4.69, 9.17) is 13.8 Å². The zero-order valence-electron chi connectivity index (χ0n) is 29.8. The Morgan fingerprint density at radius 2 is 1.15 bits per heavy atom. The highest BCUT2D eigenvalue weighted by Gasteiger charge is 2.28. The van der Waals surface area contributed by atoms with Crippen molar-refractivity contribution in [1.82, 2.24) is 5.32 Å². The molecule has 0 aromatic heterocycles. The van der Waals surface area contributed by atoms with Crippen LogP contribution in [0.5, 0.6) is 0 Å². The molecule has 1 amide bonds. The topological polar surface area (TPSA) is 169 Å². The number of phosphoric ester groups is 1. The van der Waals surface area contributed by atoms with Gasteiger partial charge in [-0.2, -0.15) is 0 Å². The Bertz CT molecular complexity index is 926. The second kappa shape index (κ2) is 32.2. The maximum absolute atomic E-state index is 12.2. The van der Waals surface area contributed by atoms with E-state index in [-0.39, 0.29) is 12.8 Å². The second-order valence-electron chi connectivity index (χ2n) is 12.4.